The number of benzene rings is 1. The average molecular weight is 335 g/mol. The molecule has 1 aliphatic rings. The van der Waals surface area contributed by atoms with Crippen LogP contribution in [0, 0.1) is 0 Å². The lowest BCUT2D eigenvalue weighted by atomic mass is 10.0. The van der Waals surface area contributed by atoms with Crippen LogP contribution in [0.1, 0.15) is 35.2 Å². The maximum atomic E-state index is 12.3. The van der Waals surface area contributed by atoms with E-state index >= 15 is 0 Å². The topological polar surface area (TPSA) is 76.1 Å². The zero-order chi connectivity index (χ0) is 17.4. The first-order valence-corrected chi connectivity index (χ1v) is 8.30. The van der Waals surface area contributed by atoms with Gasteiger partial charge in [0.25, 0.3) is 0 Å². The Kier molecular flexibility index (Phi) is 7.21. The minimum absolute atomic E-state index is 0.146. The van der Waals surface area contributed by atoms with Crippen LogP contribution in [0.3, 0.4) is 0 Å². The molecule has 6 heteroatoms. The van der Waals surface area contributed by atoms with E-state index in [1.54, 1.807) is 31.4 Å². The summed E-state index contributed by atoms with van der Waals surface area (Å²) in [5.41, 5.74) is 1.24. The van der Waals surface area contributed by atoms with Crippen molar-refractivity contribution >= 4 is 11.9 Å². The van der Waals surface area contributed by atoms with Crippen LogP contribution in [0.15, 0.2) is 24.3 Å². The summed E-state index contributed by atoms with van der Waals surface area (Å²) in [6, 6.07) is 6.69. The van der Waals surface area contributed by atoms with Gasteiger partial charge in [0, 0.05) is 26.6 Å². The van der Waals surface area contributed by atoms with Gasteiger partial charge >= 0.3 is 5.97 Å². The van der Waals surface area contributed by atoms with E-state index in [1.807, 2.05) is 4.90 Å². The molecule has 132 valence electrons. The zero-order valence-electron chi connectivity index (χ0n) is 14.1. The second-order valence-electron chi connectivity index (χ2n) is 5.95. The molecular formula is C18H25NO5. The predicted molar refractivity (Wildman–Crippen MR) is 89.2 cm³/mol. The highest BCUT2D eigenvalue weighted by Gasteiger charge is 2.22. The van der Waals surface area contributed by atoms with Crippen molar-refractivity contribution in [3.63, 3.8) is 0 Å². The molecule has 1 aromatic rings. The molecule has 0 unspecified atom stereocenters. The number of rotatable bonds is 8. The molecule has 0 aromatic heterocycles. The first kappa shape index (κ1) is 18.4. The lowest BCUT2D eigenvalue weighted by Gasteiger charge is -2.32. The van der Waals surface area contributed by atoms with Crippen LogP contribution in [0.5, 0.6) is 0 Å². The van der Waals surface area contributed by atoms with Gasteiger partial charge in [0.15, 0.2) is 0 Å². The fourth-order valence-electron chi connectivity index (χ4n) is 2.79. The Morgan fingerprint density at radius 3 is 2.42 bits per heavy atom. The van der Waals surface area contributed by atoms with Crippen molar-refractivity contribution in [2.24, 2.45) is 0 Å². The number of carbonyl (C=O) groups excluding carboxylic acids is 1. The highest BCUT2D eigenvalue weighted by Crippen LogP contribution is 2.15. The Labute approximate surface area is 142 Å². The Morgan fingerprint density at radius 2 is 1.83 bits per heavy atom. The lowest BCUT2D eigenvalue weighted by molar-refractivity contribution is -0.134. The largest absolute Gasteiger partial charge is 0.478 e. The summed E-state index contributed by atoms with van der Waals surface area (Å²) >= 11 is 0. The van der Waals surface area contributed by atoms with Crippen molar-refractivity contribution in [3.05, 3.63) is 35.4 Å². The summed E-state index contributed by atoms with van der Waals surface area (Å²) in [4.78, 5) is 25.0. The summed E-state index contributed by atoms with van der Waals surface area (Å²) in [5.74, 6) is -0.791. The van der Waals surface area contributed by atoms with Crippen LogP contribution in [0.25, 0.3) is 0 Å². The van der Waals surface area contributed by atoms with Crippen LogP contribution in [0.2, 0.25) is 0 Å². The molecule has 1 heterocycles. The molecule has 6 nitrogen and oxygen atoms in total. The molecule has 0 radical (unpaired) electrons. The quantitative estimate of drug-likeness (QED) is 0.735. The molecule has 0 spiro atoms. The van der Waals surface area contributed by atoms with Crippen LogP contribution in [-0.2, 0) is 20.7 Å². The van der Waals surface area contributed by atoms with Gasteiger partial charge in [0.05, 0.1) is 24.9 Å². The molecule has 0 bridgehead atoms. The molecular weight excluding hydrogens is 310 g/mol. The number of amides is 1. The number of likely N-dealkylation sites (tertiary alicyclic amines) is 1. The van der Waals surface area contributed by atoms with Gasteiger partial charge < -0.3 is 19.5 Å². The van der Waals surface area contributed by atoms with E-state index < -0.39 is 5.97 Å². The Balaban J connectivity index is 1.70. The number of piperidine rings is 1. The standard InChI is InChI=1S/C18H25NO5/c1-23-12-13-24-16-8-10-19(11-9-16)17(20)7-4-14-2-5-15(6-3-14)18(21)22/h2-3,5-6,16H,4,7-13H2,1H3,(H,21,22). The van der Waals surface area contributed by atoms with E-state index in [0.717, 1.165) is 31.5 Å². The molecule has 1 N–H and O–H groups in total. The van der Waals surface area contributed by atoms with Crippen molar-refractivity contribution in [1.82, 2.24) is 4.90 Å². The third-order valence-corrected chi connectivity index (χ3v) is 4.26. The maximum Gasteiger partial charge on any atom is 0.335 e. The van der Waals surface area contributed by atoms with Gasteiger partial charge in [-0.3, -0.25) is 4.79 Å². The summed E-state index contributed by atoms with van der Waals surface area (Å²) in [7, 11) is 1.65. The van der Waals surface area contributed by atoms with Gasteiger partial charge in [-0.05, 0) is 37.0 Å². The number of hydrogen-bond acceptors (Lipinski definition) is 4. The lowest BCUT2D eigenvalue weighted by Crippen LogP contribution is -2.41. The molecule has 24 heavy (non-hydrogen) atoms. The van der Waals surface area contributed by atoms with Crippen molar-refractivity contribution in [1.29, 1.82) is 0 Å². The van der Waals surface area contributed by atoms with Crippen LogP contribution < -0.4 is 0 Å². The van der Waals surface area contributed by atoms with Crippen molar-refractivity contribution in [2.45, 2.75) is 31.8 Å². The van der Waals surface area contributed by atoms with Crippen molar-refractivity contribution in [2.75, 3.05) is 33.4 Å². The molecule has 0 saturated carbocycles. The normalized spacial score (nSPS) is 15.5. The molecule has 0 aliphatic carbocycles. The number of hydrogen-bond donors (Lipinski definition) is 1. The fourth-order valence-corrected chi connectivity index (χ4v) is 2.79. The van der Waals surface area contributed by atoms with Crippen molar-refractivity contribution in [3.8, 4) is 0 Å². The van der Waals surface area contributed by atoms with Crippen LogP contribution in [0.4, 0.5) is 0 Å². The first-order chi connectivity index (χ1) is 11.6. The van der Waals surface area contributed by atoms with Gasteiger partial charge in [-0.25, -0.2) is 4.79 Å². The average Bonchev–Trinajstić information content (AvgIpc) is 2.61. The predicted octanol–water partition coefficient (Wildman–Crippen LogP) is 1.97. The molecule has 1 fully saturated rings. The minimum atomic E-state index is -0.937. The second-order valence-corrected chi connectivity index (χ2v) is 5.95. The Morgan fingerprint density at radius 1 is 1.17 bits per heavy atom. The fraction of sp³-hybridized carbons (Fsp3) is 0.556. The third-order valence-electron chi connectivity index (χ3n) is 4.26. The maximum absolute atomic E-state index is 12.3. The van der Waals surface area contributed by atoms with E-state index in [9.17, 15) is 9.59 Å². The van der Waals surface area contributed by atoms with Gasteiger partial charge in [-0.2, -0.15) is 0 Å². The molecule has 2 rings (SSSR count). The third kappa shape index (κ3) is 5.62. The van der Waals surface area contributed by atoms with Crippen LogP contribution >= 0.6 is 0 Å². The monoisotopic (exact) mass is 335 g/mol. The first-order valence-electron chi connectivity index (χ1n) is 8.30. The number of carbonyl (C=O) groups is 2. The summed E-state index contributed by atoms with van der Waals surface area (Å²) in [6.45, 7) is 2.66. The van der Waals surface area contributed by atoms with Gasteiger partial charge in [-0.1, -0.05) is 12.1 Å². The number of carboxylic acid groups (broad SMARTS) is 1. The van der Waals surface area contributed by atoms with Crippen molar-refractivity contribution < 1.29 is 24.2 Å². The van der Waals surface area contributed by atoms with Gasteiger partial charge in [-0.15, -0.1) is 0 Å². The summed E-state index contributed by atoms with van der Waals surface area (Å²) in [6.07, 6.45) is 3.02. The minimum Gasteiger partial charge on any atom is -0.478 e. The molecule has 1 amide bonds. The van der Waals surface area contributed by atoms with E-state index in [1.165, 1.54) is 0 Å². The molecule has 1 aromatic carbocycles. The van der Waals surface area contributed by atoms with Gasteiger partial charge in [0.1, 0.15) is 0 Å². The van der Waals surface area contributed by atoms with E-state index in [-0.39, 0.29) is 17.6 Å². The molecule has 1 saturated heterocycles. The highest BCUT2D eigenvalue weighted by molar-refractivity contribution is 5.87. The molecule has 0 atom stereocenters. The van der Waals surface area contributed by atoms with E-state index in [0.29, 0.717) is 26.1 Å². The number of aryl methyl sites for hydroxylation is 1. The summed E-state index contributed by atoms with van der Waals surface area (Å²) in [5, 5.41) is 8.88. The Bertz CT molecular complexity index is 535. The Hall–Kier alpha value is -1.92. The number of nitrogens with zero attached hydrogens (tertiary/aromatic N) is 1. The highest BCUT2D eigenvalue weighted by atomic mass is 16.5. The van der Waals surface area contributed by atoms with Crippen LogP contribution in [-0.4, -0.2) is 61.4 Å². The van der Waals surface area contributed by atoms with E-state index in [2.05, 4.69) is 0 Å². The summed E-state index contributed by atoms with van der Waals surface area (Å²) < 4.78 is 10.7. The number of methoxy groups -OCH3 is 1. The van der Waals surface area contributed by atoms with E-state index in [4.69, 9.17) is 14.6 Å². The zero-order valence-corrected chi connectivity index (χ0v) is 14.1. The number of carboxylic acids is 1. The number of aromatic carboxylic acids is 1. The second kappa shape index (κ2) is 9.39. The molecule has 1 aliphatic heterocycles. The smallest absolute Gasteiger partial charge is 0.335 e. The van der Waals surface area contributed by atoms with Gasteiger partial charge in [0.2, 0.25) is 5.91 Å². The number of ether oxygens (including phenoxy) is 2. The SMILES string of the molecule is COCCOC1CCN(C(=O)CCc2ccc(C(=O)O)cc2)CC1.